The van der Waals surface area contributed by atoms with Crippen molar-refractivity contribution in [1.82, 2.24) is 10.2 Å². The third-order valence-electron chi connectivity index (χ3n) is 3.18. The first-order chi connectivity index (χ1) is 6.29. The van der Waals surface area contributed by atoms with Crippen LogP contribution in [0.25, 0.3) is 0 Å². The number of alkyl halides is 1. The minimum Gasteiger partial charge on any atom is -0.331 e. The van der Waals surface area contributed by atoms with E-state index in [1.165, 1.54) is 7.05 Å². The van der Waals surface area contributed by atoms with Crippen molar-refractivity contribution in [3.05, 3.63) is 0 Å². The highest BCUT2D eigenvalue weighted by atomic mass is 19.1. The Morgan fingerprint density at radius 2 is 2.07 bits per heavy atom. The number of imide groups is 1. The van der Waals surface area contributed by atoms with Gasteiger partial charge in [-0.05, 0) is 11.8 Å². The minimum absolute atomic E-state index is 0.175. The van der Waals surface area contributed by atoms with Crippen LogP contribution < -0.4 is 5.32 Å². The zero-order valence-corrected chi connectivity index (χ0v) is 8.43. The van der Waals surface area contributed by atoms with Crippen LogP contribution in [-0.2, 0) is 4.79 Å². The number of hydrogen-bond acceptors (Lipinski definition) is 2. The molecule has 78 valence electrons. The SMILES string of the molecule is CN1C(=O)N[C@@H]2C(C)(C)C[C@]2(F)C1=O. The molecule has 0 spiro atoms. The maximum atomic E-state index is 14.1. The van der Waals surface area contributed by atoms with Crippen LogP contribution in [0.3, 0.4) is 0 Å². The van der Waals surface area contributed by atoms with Crippen molar-refractivity contribution in [2.24, 2.45) is 5.41 Å². The van der Waals surface area contributed by atoms with Gasteiger partial charge in [-0.1, -0.05) is 13.8 Å². The predicted molar refractivity (Wildman–Crippen MR) is 47.3 cm³/mol. The molecule has 4 nitrogen and oxygen atoms in total. The van der Waals surface area contributed by atoms with Crippen LogP contribution in [0.2, 0.25) is 0 Å². The van der Waals surface area contributed by atoms with Crippen LogP contribution in [0.5, 0.6) is 0 Å². The number of rotatable bonds is 0. The molecular formula is C9H13FN2O2. The van der Waals surface area contributed by atoms with E-state index in [1.807, 2.05) is 13.8 Å². The van der Waals surface area contributed by atoms with Crippen molar-refractivity contribution in [2.75, 3.05) is 7.05 Å². The quantitative estimate of drug-likeness (QED) is 0.625. The third kappa shape index (κ3) is 0.871. The van der Waals surface area contributed by atoms with Gasteiger partial charge in [-0.15, -0.1) is 0 Å². The monoisotopic (exact) mass is 200 g/mol. The highest BCUT2D eigenvalue weighted by molar-refractivity contribution is 6.03. The summed E-state index contributed by atoms with van der Waals surface area (Å²) in [4.78, 5) is 23.6. The average Bonchev–Trinajstić information content (AvgIpc) is 2.08. The lowest BCUT2D eigenvalue weighted by atomic mass is 9.56. The molecule has 1 N–H and O–H groups in total. The molecule has 0 aromatic heterocycles. The normalized spacial score (nSPS) is 40.0. The van der Waals surface area contributed by atoms with E-state index in [-0.39, 0.29) is 11.8 Å². The molecule has 0 aromatic carbocycles. The van der Waals surface area contributed by atoms with E-state index in [9.17, 15) is 14.0 Å². The summed E-state index contributed by atoms with van der Waals surface area (Å²) in [6, 6.07) is -1.19. The summed E-state index contributed by atoms with van der Waals surface area (Å²) in [7, 11) is 1.29. The van der Waals surface area contributed by atoms with Crippen LogP contribution >= 0.6 is 0 Å². The van der Waals surface area contributed by atoms with Crippen molar-refractivity contribution >= 4 is 11.9 Å². The van der Waals surface area contributed by atoms with E-state index in [2.05, 4.69) is 5.32 Å². The Bertz CT molecular complexity index is 329. The summed E-state index contributed by atoms with van der Waals surface area (Å²) in [5.74, 6) is -0.717. The number of fused-ring (bicyclic) bond motifs is 1. The van der Waals surface area contributed by atoms with Crippen molar-refractivity contribution in [1.29, 1.82) is 0 Å². The highest BCUT2D eigenvalue weighted by Crippen LogP contribution is 2.52. The maximum Gasteiger partial charge on any atom is 0.324 e. The molecule has 1 aliphatic heterocycles. The topological polar surface area (TPSA) is 49.4 Å². The summed E-state index contributed by atoms with van der Waals surface area (Å²) in [5, 5.41) is 2.52. The minimum atomic E-state index is -1.88. The van der Waals surface area contributed by atoms with Gasteiger partial charge in [-0.2, -0.15) is 0 Å². The average molecular weight is 200 g/mol. The number of carbonyl (C=O) groups is 2. The second kappa shape index (κ2) is 2.27. The second-order valence-corrected chi connectivity index (χ2v) is 4.77. The molecule has 2 atom stereocenters. The van der Waals surface area contributed by atoms with Crippen molar-refractivity contribution in [3.63, 3.8) is 0 Å². The lowest BCUT2D eigenvalue weighted by Gasteiger charge is -2.57. The summed E-state index contributed by atoms with van der Waals surface area (Å²) in [6.07, 6.45) is 0.175. The third-order valence-corrected chi connectivity index (χ3v) is 3.18. The van der Waals surface area contributed by atoms with Crippen LogP contribution in [0.4, 0.5) is 9.18 Å². The van der Waals surface area contributed by atoms with E-state index in [4.69, 9.17) is 0 Å². The first-order valence-corrected chi connectivity index (χ1v) is 4.56. The Morgan fingerprint density at radius 1 is 1.50 bits per heavy atom. The number of hydrogen-bond donors (Lipinski definition) is 1. The van der Waals surface area contributed by atoms with Gasteiger partial charge in [0.05, 0.1) is 6.04 Å². The Hall–Kier alpha value is -1.13. The fraction of sp³-hybridized carbons (Fsp3) is 0.778. The standard InChI is InChI=1S/C9H13FN2O2/c1-8(2)4-9(10)5(8)11-7(14)12(3)6(9)13/h5H,4H2,1-3H3,(H,11,14)/t5-,9-/m1/s1. The Balaban J connectivity index is 2.33. The molecular weight excluding hydrogens is 187 g/mol. The Morgan fingerprint density at radius 3 is 2.57 bits per heavy atom. The molecule has 2 fully saturated rings. The van der Waals surface area contributed by atoms with Gasteiger partial charge in [0, 0.05) is 7.05 Å². The zero-order chi connectivity index (χ0) is 10.7. The molecule has 14 heavy (non-hydrogen) atoms. The molecule has 3 amide bonds. The van der Waals surface area contributed by atoms with E-state index < -0.39 is 23.6 Å². The van der Waals surface area contributed by atoms with Crippen molar-refractivity contribution in [2.45, 2.75) is 32.0 Å². The molecule has 1 aliphatic carbocycles. The lowest BCUT2D eigenvalue weighted by molar-refractivity contribution is -0.168. The van der Waals surface area contributed by atoms with Gasteiger partial charge >= 0.3 is 6.03 Å². The number of urea groups is 1. The number of nitrogens with zero attached hydrogens (tertiary/aromatic N) is 1. The molecule has 0 radical (unpaired) electrons. The van der Waals surface area contributed by atoms with E-state index in [1.54, 1.807) is 0 Å². The maximum absolute atomic E-state index is 14.1. The molecule has 0 aromatic rings. The molecule has 1 heterocycles. The summed E-state index contributed by atoms with van der Waals surface area (Å²) in [6.45, 7) is 3.68. The van der Waals surface area contributed by atoms with E-state index >= 15 is 0 Å². The number of amides is 3. The number of nitrogens with one attached hydrogen (secondary N) is 1. The van der Waals surface area contributed by atoms with Gasteiger partial charge in [-0.25, -0.2) is 9.18 Å². The second-order valence-electron chi connectivity index (χ2n) is 4.77. The molecule has 1 saturated heterocycles. The van der Waals surface area contributed by atoms with E-state index in [0.717, 1.165) is 4.90 Å². The van der Waals surface area contributed by atoms with Crippen LogP contribution in [0, 0.1) is 5.41 Å². The lowest BCUT2D eigenvalue weighted by Crippen LogP contribution is -2.78. The van der Waals surface area contributed by atoms with Crippen LogP contribution in [-0.4, -0.2) is 35.6 Å². The van der Waals surface area contributed by atoms with Crippen LogP contribution in [0.1, 0.15) is 20.3 Å². The molecule has 2 rings (SSSR count). The number of halogens is 1. The molecule has 0 unspecified atom stereocenters. The van der Waals surface area contributed by atoms with Gasteiger partial charge in [-0.3, -0.25) is 9.69 Å². The summed E-state index contributed by atoms with van der Waals surface area (Å²) < 4.78 is 14.1. The highest BCUT2D eigenvalue weighted by Gasteiger charge is 2.68. The van der Waals surface area contributed by atoms with Crippen molar-refractivity contribution in [3.8, 4) is 0 Å². The van der Waals surface area contributed by atoms with Gasteiger partial charge in [0.2, 0.25) is 5.67 Å². The predicted octanol–water partition coefficient (Wildman–Crippen LogP) is 0.675. The van der Waals surface area contributed by atoms with Gasteiger partial charge in [0.1, 0.15) is 0 Å². The summed E-state index contributed by atoms with van der Waals surface area (Å²) >= 11 is 0. The molecule has 2 aliphatic rings. The first-order valence-electron chi connectivity index (χ1n) is 4.56. The van der Waals surface area contributed by atoms with Gasteiger partial charge in [0.25, 0.3) is 5.91 Å². The number of carbonyl (C=O) groups excluding carboxylic acids is 2. The zero-order valence-electron chi connectivity index (χ0n) is 8.43. The smallest absolute Gasteiger partial charge is 0.324 e. The fourth-order valence-electron chi connectivity index (χ4n) is 2.46. The van der Waals surface area contributed by atoms with E-state index in [0.29, 0.717) is 0 Å². The summed E-state index contributed by atoms with van der Waals surface area (Å²) in [5.41, 5.74) is -2.21. The van der Waals surface area contributed by atoms with Gasteiger partial charge < -0.3 is 5.32 Å². The molecule has 5 heteroatoms. The van der Waals surface area contributed by atoms with Gasteiger partial charge in [0.15, 0.2) is 0 Å². The molecule has 1 saturated carbocycles. The molecule has 0 bridgehead atoms. The Kier molecular flexibility index (Phi) is 1.53. The fourth-order valence-corrected chi connectivity index (χ4v) is 2.46. The first kappa shape index (κ1) is 9.43. The van der Waals surface area contributed by atoms with Crippen molar-refractivity contribution < 1.29 is 14.0 Å². The largest absolute Gasteiger partial charge is 0.331 e. The van der Waals surface area contributed by atoms with Crippen LogP contribution in [0.15, 0.2) is 0 Å². The Labute approximate surface area is 81.4 Å².